The molecule has 0 radical (unpaired) electrons. The highest BCUT2D eigenvalue weighted by atomic mass is 79.9. The monoisotopic (exact) mass is 337 g/mol. The van der Waals surface area contributed by atoms with E-state index in [1.54, 1.807) is 19.9 Å². The Morgan fingerprint density at radius 3 is 2.55 bits per heavy atom. The summed E-state index contributed by atoms with van der Waals surface area (Å²) in [5, 5.41) is 12.2. The first-order valence-corrected chi connectivity index (χ1v) is 6.74. The number of carbonyl (C=O) groups is 1. The van der Waals surface area contributed by atoms with Crippen molar-refractivity contribution in [1.82, 2.24) is 0 Å². The Bertz CT molecular complexity index is 686. The van der Waals surface area contributed by atoms with Crippen molar-refractivity contribution in [2.24, 2.45) is 0 Å². The Kier molecular flexibility index (Phi) is 4.09. The number of hydrogen-bond donors (Lipinski definition) is 2. The standard InChI is InChI=1S/C15H13BrFNO2/c1-8-6-12(17)11(16)7-13(8)18-15(20)10-3-4-14(19)9(2)5-10/h3-7,19H,1-2H3,(H,18,20). The predicted molar refractivity (Wildman–Crippen MR) is 79.6 cm³/mol. The van der Waals surface area contributed by atoms with Gasteiger partial charge in [-0.1, -0.05) is 0 Å². The van der Waals surface area contributed by atoms with Crippen molar-refractivity contribution in [2.45, 2.75) is 13.8 Å². The van der Waals surface area contributed by atoms with Crippen LogP contribution < -0.4 is 5.32 Å². The van der Waals surface area contributed by atoms with Crippen molar-refractivity contribution >= 4 is 27.5 Å². The number of nitrogens with one attached hydrogen (secondary N) is 1. The highest BCUT2D eigenvalue weighted by Gasteiger charge is 2.11. The van der Waals surface area contributed by atoms with Crippen LogP contribution in [0.4, 0.5) is 10.1 Å². The molecule has 20 heavy (non-hydrogen) atoms. The molecule has 0 bridgehead atoms. The van der Waals surface area contributed by atoms with Crippen LogP contribution in [0.3, 0.4) is 0 Å². The number of aryl methyl sites for hydroxylation is 2. The second kappa shape index (κ2) is 5.63. The number of hydrogen-bond acceptors (Lipinski definition) is 2. The number of anilines is 1. The Morgan fingerprint density at radius 1 is 1.20 bits per heavy atom. The number of benzene rings is 2. The van der Waals surface area contributed by atoms with Crippen LogP contribution in [-0.2, 0) is 0 Å². The maximum absolute atomic E-state index is 13.3. The number of aromatic hydroxyl groups is 1. The molecule has 0 heterocycles. The number of phenols is 1. The molecule has 0 atom stereocenters. The van der Waals surface area contributed by atoms with Crippen LogP contribution in [0, 0.1) is 19.7 Å². The Balaban J connectivity index is 2.27. The molecule has 5 heteroatoms. The summed E-state index contributed by atoms with van der Waals surface area (Å²) in [6, 6.07) is 7.47. The van der Waals surface area contributed by atoms with E-state index in [-0.39, 0.29) is 17.5 Å². The molecule has 0 spiro atoms. The maximum Gasteiger partial charge on any atom is 0.255 e. The third-order valence-corrected chi connectivity index (χ3v) is 3.58. The van der Waals surface area contributed by atoms with Gasteiger partial charge in [0, 0.05) is 11.3 Å². The quantitative estimate of drug-likeness (QED) is 0.864. The number of phenolic OH excluding ortho intramolecular Hbond substituents is 1. The molecule has 2 N–H and O–H groups in total. The molecular formula is C15H13BrFNO2. The van der Waals surface area contributed by atoms with Crippen molar-refractivity contribution < 1.29 is 14.3 Å². The zero-order chi connectivity index (χ0) is 14.9. The summed E-state index contributed by atoms with van der Waals surface area (Å²) in [5.41, 5.74) is 2.22. The summed E-state index contributed by atoms with van der Waals surface area (Å²) < 4.78 is 13.6. The van der Waals surface area contributed by atoms with Gasteiger partial charge in [-0.3, -0.25) is 4.79 Å². The lowest BCUT2D eigenvalue weighted by Gasteiger charge is -2.10. The first kappa shape index (κ1) is 14.5. The number of amides is 1. The molecule has 1 amide bonds. The van der Waals surface area contributed by atoms with Gasteiger partial charge in [0.15, 0.2) is 0 Å². The zero-order valence-corrected chi connectivity index (χ0v) is 12.6. The zero-order valence-electron chi connectivity index (χ0n) is 11.0. The Labute approximate surface area is 124 Å². The number of carbonyl (C=O) groups excluding carboxylic acids is 1. The Morgan fingerprint density at radius 2 is 1.90 bits per heavy atom. The molecule has 0 aliphatic rings. The highest BCUT2D eigenvalue weighted by Crippen LogP contribution is 2.25. The minimum Gasteiger partial charge on any atom is -0.508 e. The van der Waals surface area contributed by atoms with Gasteiger partial charge in [-0.15, -0.1) is 0 Å². The van der Waals surface area contributed by atoms with Gasteiger partial charge in [0.2, 0.25) is 0 Å². The molecule has 104 valence electrons. The molecule has 0 aliphatic heterocycles. The third-order valence-electron chi connectivity index (χ3n) is 2.97. The molecule has 0 unspecified atom stereocenters. The van der Waals surface area contributed by atoms with E-state index in [4.69, 9.17) is 0 Å². The summed E-state index contributed by atoms with van der Waals surface area (Å²) >= 11 is 3.09. The van der Waals surface area contributed by atoms with Crippen LogP contribution in [0.25, 0.3) is 0 Å². The number of rotatable bonds is 2. The molecule has 0 aromatic heterocycles. The molecule has 3 nitrogen and oxygen atoms in total. The summed E-state index contributed by atoms with van der Waals surface area (Å²) in [7, 11) is 0. The van der Waals surface area contributed by atoms with Crippen LogP contribution >= 0.6 is 15.9 Å². The minimum atomic E-state index is -0.374. The molecule has 2 rings (SSSR count). The van der Waals surface area contributed by atoms with Gasteiger partial charge in [-0.2, -0.15) is 0 Å². The largest absolute Gasteiger partial charge is 0.508 e. The smallest absolute Gasteiger partial charge is 0.255 e. The second-order valence-electron chi connectivity index (χ2n) is 4.54. The normalized spacial score (nSPS) is 10.4. The van der Waals surface area contributed by atoms with Crippen molar-refractivity contribution in [3.05, 3.63) is 57.3 Å². The lowest BCUT2D eigenvalue weighted by molar-refractivity contribution is 0.102. The first-order valence-electron chi connectivity index (χ1n) is 5.95. The van der Waals surface area contributed by atoms with Crippen molar-refractivity contribution in [1.29, 1.82) is 0 Å². The van der Waals surface area contributed by atoms with Crippen LogP contribution in [0.5, 0.6) is 5.75 Å². The molecular weight excluding hydrogens is 325 g/mol. The van der Waals surface area contributed by atoms with Gasteiger partial charge in [0.1, 0.15) is 11.6 Å². The Hall–Kier alpha value is -1.88. The van der Waals surface area contributed by atoms with E-state index in [1.807, 2.05) is 0 Å². The molecule has 2 aromatic rings. The van der Waals surface area contributed by atoms with Crippen LogP contribution in [0.2, 0.25) is 0 Å². The van der Waals surface area contributed by atoms with Gasteiger partial charge >= 0.3 is 0 Å². The van der Waals surface area contributed by atoms with Crippen molar-refractivity contribution in [3.8, 4) is 5.75 Å². The van der Waals surface area contributed by atoms with Crippen molar-refractivity contribution in [2.75, 3.05) is 5.32 Å². The third kappa shape index (κ3) is 2.99. The van der Waals surface area contributed by atoms with E-state index in [2.05, 4.69) is 21.2 Å². The van der Waals surface area contributed by atoms with E-state index >= 15 is 0 Å². The first-order chi connectivity index (χ1) is 9.38. The fraction of sp³-hybridized carbons (Fsp3) is 0.133. The summed E-state index contributed by atoms with van der Waals surface area (Å²) in [5.74, 6) is -0.544. The molecule has 2 aromatic carbocycles. The molecule has 0 saturated carbocycles. The van der Waals surface area contributed by atoms with Gasteiger partial charge in [-0.05, 0) is 71.2 Å². The summed E-state index contributed by atoms with van der Waals surface area (Å²) in [6.45, 7) is 3.43. The number of halogens is 2. The predicted octanol–water partition coefficient (Wildman–Crippen LogP) is 4.16. The van der Waals surface area contributed by atoms with Crippen LogP contribution in [-0.4, -0.2) is 11.0 Å². The summed E-state index contributed by atoms with van der Waals surface area (Å²) in [6.07, 6.45) is 0. The molecule has 0 saturated heterocycles. The maximum atomic E-state index is 13.3. The minimum absolute atomic E-state index is 0.141. The average molecular weight is 338 g/mol. The van der Waals surface area contributed by atoms with E-state index in [9.17, 15) is 14.3 Å². The average Bonchev–Trinajstić information content (AvgIpc) is 2.39. The van der Waals surface area contributed by atoms with E-state index < -0.39 is 0 Å². The van der Waals surface area contributed by atoms with Gasteiger partial charge in [0.05, 0.1) is 4.47 Å². The fourth-order valence-corrected chi connectivity index (χ4v) is 2.12. The SMILES string of the molecule is Cc1cc(C(=O)Nc2cc(Br)c(F)cc2C)ccc1O. The summed E-state index contributed by atoms with van der Waals surface area (Å²) in [4.78, 5) is 12.1. The van der Waals surface area contributed by atoms with Crippen molar-refractivity contribution in [3.63, 3.8) is 0 Å². The second-order valence-corrected chi connectivity index (χ2v) is 5.39. The van der Waals surface area contributed by atoms with Gasteiger partial charge < -0.3 is 10.4 Å². The highest BCUT2D eigenvalue weighted by molar-refractivity contribution is 9.10. The lowest BCUT2D eigenvalue weighted by atomic mass is 10.1. The molecule has 0 fully saturated rings. The van der Waals surface area contributed by atoms with E-state index in [0.717, 1.165) is 0 Å². The van der Waals surface area contributed by atoms with Crippen LogP contribution in [0.1, 0.15) is 21.5 Å². The van der Waals surface area contributed by atoms with E-state index in [0.29, 0.717) is 26.9 Å². The van der Waals surface area contributed by atoms with Gasteiger partial charge in [0.25, 0.3) is 5.91 Å². The topological polar surface area (TPSA) is 49.3 Å². The fourth-order valence-electron chi connectivity index (χ4n) is 1.77. The van der Waals surface area contributed by atoms with E-state index in [1.165, 1.54) is 24.3 Å². The van der Waals surface area contributed by atoms with Gasteiger partial charge in [-0.25, -0.2) is 4.39 Å². The van der Waals surface area contributed by atoms with Crippen LogP contribution in [0.15, 0.2) is 34.8 Å². The lowest BCUT2D eigenvalue weighted by Crippen LogP contribution is -2.13. The molecule has 0 aliphatic carbocycles.